The monoisotopic (exact) mass is 252 g/mol. The number of carbonyl (C=O) groups excluding carboxylic acids is 1. The highest BCUT2D eigenvalue weighted by atomic mass is 32.2. The van der Waals surface area contributed by atoms with Crippen LogP contribution in [0.5, 0.6) is 0 Å². The number of aliphatic hydroxyl groups is 1. The second kappa shape index (κ2) is 6.82. The maximum absolute atomic E-state index is 10.9. The molecule has 3 heteroatoms. The maximum Gasteiger partial charge on any atom is 0.132 e. The molecule has 0 amide bonds. The van der Waals surface area contributed by atoms with Gasteiger partial charge in [0.05, 0.1) is 6.10 Å². The molecule has 0 aliphatic heterocycles. The summed E-state index contributed by atoms with van der Waals surface area (Å²) < 4.78 is 0. The lowest BCUT2D eigenvalue weighted by atomic mass is 10.1. The minimum Gasteiger partial charge on any atom is -0.393 e. The highest BCUT2D eigenvalue weighted by Gasteiger charge is 2.13. The lowest BCUT2D eigenvalue weighted by Gasteiger charge is -2.15. The van der Waals surface area contributed by atoms with Crippen LogP contribution in [-0.2, 0) is 4.79 Å². The molecule has 0 saturated carbocycles. The van der Waals surface area contributed by atoms with Crippen molar-refractivity contribution in [2.75, 3.05) is 0 Å². The Labute approximate surface area is 107 Å². The molecule has 1 rings (SSSR count). The van der Waals surface area contributed by atoms with Gasteiger partial charge in [0.15, 0.2) is 0 Å². The number of aryl methyl sites for hydroxylation is 1. The van der Waals surface area contributed by atoms with E-state index in [9.17, 15) is 9.90 Å². The summed E-state index contributed by atoms with van der Waals surface area (Å²) in [4.78, 5) is 12.1. The van der Waals surface area contributed by atoms with Gasteiger partial charge in [-0.2, -0.15) is 0 Å². The zero-order valence-electron chi connectivity index (χ0n) is 10.6. The summed E-state index contributed by atoms with van der Waals surface area (Å²) in [7, 11) is 0. The minimum atomic E-state index is -0.513. The molecule has 0 spiro atoms. The van der Waals surface area contributed by atoms with E-state index in [2.05, 4.69) is 38.1 Å². The van der Waals surface area contributed by atoms with Crippen LogP contribution >= 0.6 is 11.8 Å². The molecule has 0 aromatic heterocycles. The Morgan fingerprint density at radius 1 is 1.35 bits per heavy atom. The first-order chi connectivity index (χ1) is 7.97. The van der Waals surface area contributed by atoms with Crippen molar-refractivity contribution in [3.63, 3.8) is 0 Å². The zero-order chi connectivity index (χ0) is 12.8. The van der Waals surface area contributed by atoms with Crippen LogP contribution in [0.3, 0.4) is 0 Å². The van der Waals surface area contributed by atoms with Crippen molar-refractivity contribution in [2.45, 2.75) is 49.9 Å². The van der Waals surface area contributed by atoms with Gasteiger partial charge in [-0.1, -0.05) is 24.6 Å². The van der Waals surface area contributed by atoms with E-state index in [1.807, 2.05) is 0 Å². The fourth-order valence-electron chi connectivity index (χ4n) is 1.70. The normalized spacial score (nSPS) is 14.4. The first-order valence-corrected chi connectivity index (χ1v) is 6.76. The highest BCUT2D eigenvalue weighted by molar-refractivity contribution is 7.99. The molecule has 2 atom stereocenters. The van der Waals surface area contributed by atoms with E-state index >= 15 is 0 Å². The van der Waals surface area contributed by atoms with E-state index in [4.69, 9.17) is 0 Å². The Bertz CT molecular complexity index is 359. The fourth-order valence-corrected chi connectivity index (χ4v) is 2.77. The van der Waals surface area contributed by atoms with E-state index in [-0.39, 0.29) is 12.2 Å². The summed E-state index contributed by atoms with van der Waals surface area (Å²) in [6, 6.07) is 8.35. The van der Waals surface area contributed by atoms with Crippen LogP contribution in [0.2, 0.25) is 0 Å². The van der Waals surface area contributed by atoms with Gasteiger partial charge >= 0.3 is 0 Å². The molecule has 0 fully saturated rings. The first kappa shape index (κ1) is 14.3. The van der Waals surface area contributed by atoms with Gasteiger partial charge in [0.1, 0.15) is 5.78 Å². The van der Waals surface area contributed by atoms with Crippen LogP contribution in [0.25, 0.3) is 0 Å². The molecule has 0 aliphatic rings. The number of benzene rings is 1. The maximum atomic E-state index is 10.9. The average Bonchev–Trinajstić information content (AvgIpc) is 2.19. The molecule has 0 heterocycles. The molecule has 1 N–H and O–H groups in total. The third-order valence-electron chi connectivity index (χ3n) is 2.49. The van der Waals surface area contributed by atoms with Crippen LogP contribution in [0.4, 0.5) is 0 Å². The van der Waals surface area contributed by atoms with Gasteiger partial charge in [0, 0.05) is 16.6 Å². The van der Waals surface area contributed by atoms with Gasteiger partial charge in [-0.3, -0.25) is 4.79 Å². The van der Waals surface area contributed by atoms with E-state index in [1.54, 1.807) is 11.8 Å². The molecule has 2 nitrogen and oxygen atoms in total. The van der Waals surface area contributed by atoms with Crippen LogP contribution in [0.15, 0.2) is 29.2 Å². The van der Waals surface area contributed by atoms with Gasteiger partial charge in [-0.15, -0.1) is 11.8 Å². The Morgan fingerprint density at radius 3 is 2.47 bits per heavy atom. The average molecular weight is 252 g/mol. The molecule has 0 aliphatic carbocycles. The van der Waals surface area contributed by atoms with E-state index in [1.165, 1.54) is 17.4 Å². The van der Waals surface area contributed by atoms with Crippen LogP contribution in [-0.4, -0.2) is 22.2 Å². The molecule has 0 radical (unpaired) electrons. The molecular weight excluding hydrogens is 232 g/mol. The fraction of sp³-hybridized carbons (Fsp3) is 0.500. The van der Waals surface area contributed by atoms with Crippen molar-refractivity contribution in [1.29, 1.82) is 0 Å². The highest BCUT2D eigenvalue weighted by Crippen LogP contribution is 2.26. The van der Waals surface area contributed by atoms with Crippen molar-refractivity contribution in [3.8, 4) is 0 Å². The third-order valence-corrected chi connectivity index (χ3v) is 3.62. The SMILES string of the molecule is CC(=O)CC(O)CC(C)Sc1ccc(C)cc1. The summed E-state index contributed by atoms with van der Waals surface area (Å²) in [6.07, 6.45) is 0.400. The Balaban J connectivity index is 2.41. The molecule has 1 aromatic rings. The number of aliphatic hydroxyl groups excluding tert-OH is 1. The Hall–Kier alpha value is -0.800. The van der Waals surface area contributed by atoms with Gasteiger partial charge in [-0.05, 0) is 32.4 Å². The predicted octanol–water partition coefficient (Wildman–Crippen LogP) is 3.21. The molecule has 17 heavy (non-hydrogen) atoms. The van der Waals surface area contributed by atoms with Crippen molar-refractivity contribution in [1.82, 2.24) is 0 Å². The number of hydrogen-bond acceptors (Lipinski definition) is 3. The summed E-state index contributed by atoms with van der Waals surface area (Å²) in [5, 5.41) is 9.99. The van der Waals surface area contributed by atoms with Gasteiger partial charge in [0.2, 0.25) is 0 Å². The quantitative estimate of drug-likeness (QED) is 0.790. The van der Waals surface area contributed by atoms with Crippen LogP contribution in [0, 0.1) is 6.92 Å². The second-order valence-corrected chi connectivity index (χ2v) is 6.05. The van der Waals surface area contributed by atoms with E-state index in [0.717, 1.165) is 0 Å². The lowest BCUT2D eigenvalue weighted by molar-refractivity contribution is -0.118. The summed E-state index contributed by atoms with van der Waals surface area (Å²) >= 11 is 1.74. The number of rotatable bonds is 6. The van der Waals surface area contributed by atoms with Crippen LogP contribution in [0.1, 0.15) is 32.3 Å². The Morgan fingerprint density at radius 2 is 1.94 bits per heavy atom. The lowest BCUT2D eigenvalue weighted by Crippen LogP contribution is -2.16. The molecule has 0 saturated heterocycles. The number of ketones is 1. The minimum absolute atomic E-state index is 0.0463. The largest absolute Gasteiger partial charge is 0.393 e. The topological polar surface area (TPSA) is 37.3 Å². The molecule has 2 unspecified atom stereocenters. The predicted molar refractivity (Wildman–Crippen MR) is 72.4 cm³/mol. The molecule has 1 aromatic carbocycles. The third kappa shape index (κ3) is 5.89. The van der Waals surface area contributed by atoms with Crippen molar-refractivity contribution in [2.24, 2.45) is 0 Å². The smallest absolute Gasteiger partial charge is 0.132 e. The van der Waals surface area contributed by atoms with E-state index < -0.39 is 6.10 Å². The standard InChI is InChI=1S/C14H20O2S/c1-10-4-6-14(7-5-10)17-12(3)9-13(16)8-11(2)15/h4-7,12-13,16H,8-9H2,1-3H3. The molecule has 94 valence electrons. The molecular formula is C14H20O2S. The number of thioether (sulfide) groups is 1. The van der Waals surface area contributed by atoms with Gasteiger partial charge in [-0.25, -0.2) is 0 Å². The Kier molecular flexibility index (Phi) is 5.72. The van der Waals surface area contributed by atoms with Gasteiger partial charge < -0.3 is 5.11 Å². The second-order valence-electron chi connectivity index (χ2n) is 4.54. The zero-order valence-corrected chi connectivity index (χ0v) is 11.5. The van der Waals surface area contributed by atoms with Crippen molar-refractivity contribution >= 4 is 17.5 Å². The molecule has 0 bridgehead atoms. The summed E-state index contributed by atoms with van der Waals surface area (Å²) in [5.74, 6) is 0.0463. The number of hydrogen-bond donors (Lipinski definition) is 1. The van der Waals surface area contributed by atoms with Gasteiger partial charge in [0.25, 0.3) is 0 Å². The summed E-state index contributed by atoms with van der Waals surface area (Å²) in [5.41, 5.74) is 1.25. The van der Waals surface area contributed by atoms with Crippen molar-refractivity contribution < 1.29 is 9.90 Å². The van der Waals surface area contributed by atoms with Crippen molar-refractivity contribution in [3.05, 3.63) is 29.8 Å². The first-order valence-electron chi connectivity index (χ1n) is 5.88. The summed E-state index contributed by atoms with van der Waals surface area (Å²) in [6.45, 7) is 5.66. The van der Waals surface area contributed by atoms with Crippen LogP contribution < -0.4 is 0 Å². The van der Waals surface area contributed by atoms with E-state index in [0.29, 0.717) is 11.7 Å². The number of Topliss-reactive ketones (excluding diaryl/α,β-unsaturated/α-hetero) is 1. The number of carbonyl (C=O) groups is 1.